The zero-order chi connectivity index (χ0) is 22.2. The van der Waals surface area contributed by atoms with Crippen LogP contribution in [0.2, 0.25) is 0 Å². The first-order chi connectivity index (χ1) is 14.8. The van der Waals surface area contributed by atoms with Gasteiger partial charge in [0.2, 0.25) is 9.84 Å². The summed E-state index contributed by atoms with van der Waals surface area (Å²) in [6, 6.07) is 11.1. The van der Waals surface area contributed by atoms with Gasteiger partial charge < -0.3 is 18.7 Å². The first-order valence-corrected chi connectivity index (χ1v) is 10.8. The number of aromatic nitrogens is 1. The van der Waals surface area contributed by atoms with Gasteiger partial charge in [-0.1, -0.05) is 0 Å². The Bertz CT molecular complexity index is 1320. The van der Waals surface area contributed by atoms with E-state index in [1.54, 1.807) is 36.6 Å². The summed E-state index contributed by atoms with van der Waals surface area (Å²) in [5, 5.41) is 2.68. The van der Waals surface area contributed by atoms with Crippen LogP contribution in [0.5, 0.6) is 0 Å². The highest BCUT2D eigenvalue weighted by atomic mass is 32.2. The summed E-state index contributed by atoms with van der Waals surface area (Å²) < 4.78 is 52.6. The fourth-order valence-corrected chi connectivity index (χ4v) is 5.05. The van der Waals surface area contributed by atoms with Gasteiger partial charge in [0.1, 0.15) is 22.3 Å². The van der Waals surface area contributed by atoms with Crippen molar-refractivity contribution >= 4 is 21.6 Å². The second kappa shape index (κ2) is 7.92. The molecule has 0 bridgehead atoms. The van der Waals surface area contributed by atoms with Crippen molar-refractivity contribution in [3.05, 3.63) is 89.7 Å². The SMILES string of the molecule is Cc1c(S(=O)(=O)c2ccc(F)cc2)c(NC(=O)c2ccco2)n(Cc2ccco2)c1C. The summed E-state index contributed by atoms with van der Waals surface area (Å²) in [5.74, 6) is -0.451. The number of anilines is 1. The largest absolute Gasteiger partial charge is 0.467 e. The monoisotopic (exact) mass is 442 g/mol. The molecule has 0 aliphatic carbocycles. The lowest BCUT2D eigenvalue weighted by Gasteiger charge is -2.13. The highest BCUT2D eigenvalue weighted by Gasteiger charge is 2.31. The van der Waals surface area contributed by atoms with Gasteiger partial charge in [-0.3, -0.25) is 4.79 Å². The number of rotatable bonds is 6. The predicted octanol–water partition coefficient (Wildman–Crippen LogP) is 4.56. The van der Waals surface area contributed by atoms with Crippen molar-refractivity contribution in [1.82, 2.24) is 4.57 Å². The molecule has 0 unspecified atom stereocenters. The molecule has 4 rings (SSSR count). The van der Waals surface area contributed by atoms with E-state index in [-0.39, 0.29) is 27.9 Å². The van der Waals surface area contributed by atoms with E-state index in [1.165, 1.54) is 30.7 Å². The van der Waals surface area contributed by atoms with Gasteiger partial charge in [-0.15, -0.1) is 0 Å². The molecule has 0 spiro atoms. The third-order valence-corrected chi connectivity index (χ3v) is 6.97. The van der Waals surface area contributed by atoms with E-state index in [1.807, 2.05) is 0 Å². The maximum Gasteiger partial charge on any atom is 0.292 e. The molecule has 0 radical (unpaired) electrons. The Balaban J connectivity index is 1.89. The van der Waals surface area contributed by atoms with Crippen molar-refractivity contribution in [1.29, 1.82) is 0 Å². The zero-order valence-electron chi connectivity index (χ0n) is 16.8. The number of carbonyl (C=O) groups is 1. The molecule has 4 aromatic rings. The molecular weight excluding hydrogens is 423 g/mol. The minimum absolute atomic E-state index is 0.0335. The highest BCUT2D eigenvalue weighted by Crippen LogP contribution is 2.36. The number of hydrogen-bond acceptors (Lipinski definition) is 5. The van der Waals surface area contributed by atoms with E-state index in [2.05, 4.69) is 5.32 Å². The van der Waals surface area contributed by atoms with Crippen molar-refractivity contribution in [2.45, 2.75) is 30.2 Å². The minimum Gasteiger partial charge on any atom is -0.467 e. The zero-order valence-corrected chi connectivity index (χ0v) is 17.6. The van der Waals surface area contributed by atoms with Crippen LogP contribution >= 0.6 is 0 Å². The average Bonchev–Trinajstić information content (AvgIpc) is 3.48. The Morgan fingerprint density at radius 3 is 2.32 bits per heavy atom. The summed E-state index contributed by atoms with van der Waals surface area (Å²) in [5.41, 5.74) is 1.09. The van der Waals surface area contributed by atoms with E-state index in [0.29, 0.717) is 17.0 Å². The Hall–Kier alpha value is -3.59. The van der Waals surface area contributed by atoms with Crippen LogP contribution < -0.4 is 5.32 Å². The van der Waals surface area contributed by atoms with Gasteiger partial charge in [0.05, 0.1) is 24.0 Å². The van der Waals surface area contributed by atoms with Crippen molar-refractivity contribution in [3.8, 4) is 0 Å². The first kappa shape index (κ1) is 20.7. The topological polar surface area (TPSA) is 94.5 Å². The standard InChI is InChI=1S/C22H19FN2O5S/c1-14-15(2)25(13-17-5-3-11-29-17)21(24-22(26)19-6-4-12-30-19)20(14)31(27,28)18-9-7-16(23)8-10-18/h3-12H,13H2,1-2H3,(H,24,26). The Labute approximate surface area is 178 Å². The number of benzene rings is 1. The highest BCUT2D eigenvalue weighted by molar-refractivity contribution is 7.91. The lowest BCUT2D eigenvalue weighted by Crippen LogP contribution is -2.18. The maximum atomic E-state index is 13.5. The quantitative estimate of drug-likeness (QED) is 0.442. The third kappa shape index (κ3) is 3.79. The molecule has 1 aromatic carbocycles. The van der Waals surface area contributed by atoms with Crippen LogP contribution in [0, 0.1) is 19.7 Å². The van der Waals surface area contributed by atoms with E-state index in [0.717, 1.165) is 12.1 Å². The van der Waals surface area contributed by atoms with Crippen LogP contribution in [-0.2, 0) is 16.4 Å². The van der Waals surface area contributed by atoms with Crippen LogP contribution in [0.4, 0.5) is 10.2 Å². The summed E-state index contributed by atoms with van der Waals surface area (Å²) in [6.45, 7) is 3.61. The second-order valence-corrected chi connectivity index (χ2v) is 8.83. The Morgan fingerprint density at radius 1 is 1.03 bits per heavy atom. The molecule has 0 atom stereocenters. The molecule has 3 aromatic heterocycles. The summed E-state index contributed by atoms with van der Waals surface area (Å²) in [6.07, 6.45) is 2.86. The van der Waals surface area contributed by atoms with Gasteiger partial charge in [0.15, 0.2) is 5.76 Å². The molecular formula is C22H19FN2O5S. The number of halogens is 1. The molecule has 0 saturated heterocycles. The number of nitrogens with zero attached hydrogens (tertiary/aromatic N) is 1. The van der Waals surface area contributed by atoms with Crippen molar-refractivity contribution in [2.24, 2.45) is 0 Å². The van der Waals surface area contributed by atoms with Gasteiger partial charge in [-0.05, 0) is 67.9 Å². The molecule has 0 aliphatic rings. The lowest BCUT2D eigenvalue weighted by molar-refractivity contribution is 0.0995. The Morgan fingerprint density at radius 2 is 1.71 bits per heavy atom. The lowest BCUT2D eigenvalue weighted by atomic mass is 10.3. The van der Waals surface area contributed by atoms with Crippen molar-refractivity contribution < 1.29 is 26.4 Å². The predicted molar refractivity (Wildman–Crippen MR) is 110 cm³/mol. The number of sulfone groups is 1. The maximum absolute atomic E-state index is 13.5. The van der Waals surface area contributed by atoms with Gasteiger partial charge in [-0.25, -0.2) is 12.8 Å². The van der Waals surface area contributed by atoms with E-state index < -0.39 is 21.6 Å². The van der Waals surface area contributed by atoms with Gasteiger partial charge >= 0.3 is 0 Å². The summed E-state index contributed by atoms with van der Waals surface area (Å²) in [4.78, 5) is 12.6. The molecule has 1 N–H and O–H groups in total. The average molecular weight is 442 g/mol. The molecule has 3 heterocycles. The summed E-state index contributed by atoms with van der Waals surface area (Å²) in [7, 11) is -4.08. The van der Waals surface area contributed by atoms with Crippen molar-refractivity contribution in [3.63, 3.8) is 0 Å². The molecule has 0 aliphatic heterocycles. The molecule has 31 heavy (non-hydrogen) atoms. The minimum atomic E-state index is -4.08. The van der Waals surface area contributed by atoms with Crippen LogP contribution in [0.1, 0.15) is 27.6 Å². The number of furan rings is 2. The van der Waals surface area contributed by atoms with Crippen LogP contribution in [0.25, 0.3) is 0 Å². The number of hydrogen-bond donors (Lipinski definition) is 1. The van der Waals surface area contributed by atoms with Gasteiger partial charge in [0.25, 0.3) is 5.91 Å². The number of amides is 1. The van der Waals surface area contributed by atoms with Crippen LogP contribution in [0.3, 0.4) is 0 Å². The molecule has 0 fully saturated rings. The molecule has 7 nitrogen and oxygen atoms in total. The van der Waals surface area contributed by atoms with Crippen LogP contribution in [-0.4, -0.2) is 18.9 Å². The van der Waals surface area contributed by atoms with Crippen LogP contribution in [0.15, 0.2) is 79.7 Å². The smallest absolute Gasteiger partial charge is 0.292 e. The second-order valence-electron chi connectivity index (χ2n) is 6.94. The first-order valence-electron chi connectivity index (χ1n) is 9.36. The fourth-order valence-electron chi connectivity index (χ4n) is 3.35. The van der Waals surface area contributed by atoms with E-state index >= 15 is 0 Å². The van der Waals surface area contributed by atoms with E-state index in [4.69, 9.17) is 8.83 Å². The molecule has 0 saturated carbocycles. The number of carbonyl (C=O) groups excluding carboxylic acids is 1. The fraction of sp³-hybridized carbons (Fsp3) is 0.136. The molecule has 1 amide bonds. The Kier molecular flexibility index (Phi) is 5.28. The third-order valence-electron chi connectivity index (χ3n) is 5.04. The normalized spacial score (nSPS) is 11.6. The van der Waals surface area contributed by atoms with E-state index in [9.17, 15) is 17.6 Å². The van der Waals surface area contributed by atoms with Gasteiger partial charge in [0, 0.05) is 5.69 Å². The molecule has 9 heteroatoms. The molecule has 160 valence electrons. The summed E-state index contributed by atoms with van der Waals surface area (Å²) >= 11 is 0. The van der Waals surface area contributed by atoms with Crippen molar-refractivity contribution in [2.75, 3.05) is 5.32 Å². The van der Waals surface area contributed by atoms with Gasteiger partial charge in [-0.2, -0.15) is 0 Å². The number of nitrogens with one attached hydrogen (secondary N) is 1.